The lowest BCUT2D eigenvalue weighted by Crippen LogP contribution is -2.67. The molecule has 0 saturated carbocycles. The van der Waals surface area contributed by atoms with Gasteiger partial charge < -0.3 is 52.1 Å². The van der Waals surface area contributed by atoms with Crippen molar-refractivity contribution in [2.24, 2.45) is 0 Å². The highest BCUT2D eigenvalue weighted by Gasteiger charge is 2.58. The van der Waals surface area contributed by atoms with Crippen LogP contribution < -0.4 is 4.74 Å². The van der Waals surface area contributed by atoms with E-state index in [1.807, 2.05) is 0 Å². The van der Waals surface area contributed by atoms with Gasteiger partial charge in [0.25, 0.3) is 5.69 Å². The standard InChI is InChI=1S/C32H38N2O22/c1-13(35)46-11-23-25(48-15(3)37)27(49-16(4)38)30(52-19(7)41)32(55-23)56-26-24(12-47-14(2)36)54-31(29(51-18(6)40)28(26)50-17(5)39)53-22-9-8-20(33(42)43)10-21(22)34(44)45/h8-10,23-32H,11-12H2,1-7H3/t23-,24-,25-,26-,27+,28+,29-,30-,31+,32-/m1/s1. The van der Waals surface area contributed by atoms with Gasteiger partial charge in [0.05, 0.1) is 15.9 Å². The maximum absolute atomic E-state index is 12.6. The summed E-state index contributed by atoms with van der Waals surface area (Å²) in [6.07, 6.45) is -17.9. The van der Waals surface area contributed by atoms with Crippen LogP contribution in [0.4, 0.5) is 11.4 Å². The van der Waals surface area contributed by atoms with Gasteiger partial charge in [0.15, 0.2) is 30.7 Å². The van der Waals surface area contributed by atoms with Crippen molar-refractivity contribution in [3.8, 4) is 5.75 Å². The van der Waals surface area contributed by atoms with E-state index in [1.165, 1.54) is 0 Å². The number of non-ortho nitro benzene ring substituents is 1. The predicted octanol–water partition coefficient (Wildman–Crippen LogP) is 0.502. The van der Waals surface area contributed by atoms with E-state index in [0.29, 0.717) is 6.07 Å². The molecule has 0 aliphatic carbocycles. The Balaban J connectivity index is 2.22. The van der Waals surface area contributed by atoms with Crippen LogP contribution >= 0.6 is 0 Å². The summed E-state index contributed by atoms with van der Waals surface area (Å²) >= 11 is 0. The summed E-state index contributed by atoms with van der Waals surface area (Å²) in [7, 11) is 0. The summed E-state index contributed by atoms with van der Waals surface area (Å²) in [4.78, 5) is 107. The lowest BCUT2D eigenvalue weighted by molar-refractivity contribution is -0.395. The molecule has 0 radical (unpaired) electrons. The normalized spacial score (nSPS) is 27.0. The van der Waals surface area contributed by atoms with Crippen molar-refractivity contribution in [1.82, 2.24) is 0 Å². The Bertz CT molecular complexity index is 1700. The molecule has 2 fully saturated rings. The molecule has 0 amide bonds. The summed E-state index contributed by atoms with van der Waals surface area (Å²) in [6.45, 7) is 5.42. The first kappa shape index (κ1) is 44.4. The fraction of sp³-hybridized carbons (Fsp3) is 0.594. The molecule has 0 spiro atoms. The fourth-order valence-corrected chi connectivity index (χ4v) is 5.55. The van der Waals surface area contributed by atoms with E-state index in [2.05, 4.69) is 0 Å². The molecule has 2 heterocycles. The van der Waals surface area contributed by atoms with Crippen molar-refractivity contribution in [3.05, 3.63) is 38.4 Å². The minimum atomic E-state index is -1.97. The number of rotatable bonds is 15. The molecule has 2 aliphatic heterocycles. The van der Waals surface area contributed by atoms with Crippen LogP contribution in [0.1, 0.15) is 48.5 Å². The Hall–Kier alpha value is -6.01. The number of carbonyl (C=O) groups excluding carboxylic acids is 7. The third-order valence-corrected chi connectivity index (χ3v) is 7.48. The largest absolute Gasteiger partial charge is 0.463 e. The number of carbonyl (C=O) groups is 7. The third-order valence-electron chi connectivity index (χ3n) is 7.48. The molecule has 1 aromatic rings. The van der Waals surface area contributed by atoms with Gasteiger partial charge in [-0.2, -0.15) is 0 Å². The summed E-state index contributed by atoms with van der Waals surface area (Å²) in [5.74, 6) is -7.35. The number of hydrogen-bond acceptors (Lipinski definition) is 22. The van der Waals surface area contributed by atoms with E-state index in [4.69, 9.17) is 52.1 Å². The van der Waals surface area contributed by atoms with Crippen LogP contribution in [0.15, 0.2) is 18.2 Å². The Kier molecular flexibility index (Phi) is 15.5. The number of nitro benzene ring substituents is 2. The fourth-order valence-electron chi connectivity index (χ4n) is 5.55. The zero-order chi connectivity index (χ0) is 42.0. The van der Waals surface area contributed by atoms with Crippen LogP contribution in [0.2, 0.25) is 0 Å². The van der Waals surface area contributed by atoms with Gasteiger partial charge in [-0.25, -0.2) is 0 Å². The van der Waals surface area contributed by atoms with Gasteiger partial charge in [-0.05, 0) is 6.07 Å². The highest BCUT2D eigenvalue weighted by atomic mass is 16.8. The quantitative estimate of drug-likeness (QED) is 0.101. The second kappa shape index (κ2) is 19.5. The molecule has 308 valence electrons. The van der Waals surface area contributed by atoms with E-state index in [-0.39, 0.29) is 0 Å². The zero-order valence-electron chi connectivity index (χ0n) is 30.8. The molecule has 0 bridgehead atoms. The monoisotopic (exact) mass is 802 g/mol. The molecule has 1 aromatic carbocycles. The van der Waals surface area contributed by atoms with Crippen LogP contribution in [0.25, 0.3) is 0 Å². The number of nitrogens with zero attached hydrogens (tertiary/aromatic N) is 2. The number of nitro groups is 2. The summed E-state index contributed by atoms with van der Waals surface area (Å²) in [5, 5.41) is 23.2. The van der Waals surface area contributed by atoms with E-state index >= 15 is 0 Å². The van der Waals surface area contributed by atoms with E-state index < -0.39 is 143 Å². The van der Waals surface area contributed by atoms with Crippen LogP contribution in [-0.2, 0) is 80.9 Å². The maximum atomic E-state index is 12.6. The smallest absolute Gasteiger partial charge is 0.317 e. The molecule has 24 nitrogen and oxygen atoms in total. The Morgan fingerprint density at radius 1 is 0.554 bits per heavy atom. The van der Waals surface area contributed by atoms with Gasteiger partial charge in [0, 0.05) is 54.5 Å². The average Bonchev–Trinajstić information content (AvgIpc) is 3.07. The summed E-state index contributed by atoms with van der Waals surface area (Å²) in [6, 6.07) is 2.30. The van der Waals surface area contributed by atoms with Crippen LogP contribution in [0.5, 0.6) is 5.75 Å². The lowest BCUT2D eigenvalue weighted by Gasteiger charge is -2.48. The van der Waals surface area contributed by atoms with Gasteiger partial charge in [-0.15, -0.1) is 0 Å². The Labute approximate surface area is 316 Å². The molecule has 0 unspecified atom stereocenters. The molecule has 2 saturated heterocycles. The number of benzene rings is 1. The Morgan fingerprint density at radius 2 is 0.964 bits per heavy atom. The first-order chi connectivity index (χ1) is 26.2. The zero-order valence-corrected chi connectivity index (χ0v) is 30.8. The van der Waals surface area contributed by atoms with E-state index in [0.717, 1.165) is 60.6 Å². The van der Waals surface area contributed by atoms with Crippen molar-refractivity contribution in [2.45, 2.75) is 110 Å². The van der Waals surface area contributed by atoms with Crippen molar-refractivity contribution >= 4 is 53.2 Å². The summed E-state index contributed by atoms with van der Waals surface area (Å²) < 4.78 is 61.3. The molecular weight excluding hydrogens is 764 g/mol. The number of esters is 7. The first-order valence-corrected chi connectivity index (χ1v) is 16.4. The van der Waals surface area contributed by atoms with Gasteiger partial charge in [0.2, 0.25) is 18.1 Å². The SMILES string of the molecule is CC(=O)OC[C@H]1O[C@H](O[C@H]2[C@H](OC(C)=O)[C@@H](OC(C)=O)[C@@H](Oc3ccc([N+](=O)[O-])cc3[N+](=O)[O-])O[C@@H]2COC(C)=O)[C@H](OC(C)=O)[C@@H](OC(C)=O)[C@@H]1OC(C)=O. The second-order valence-electron chi connectivity index (χ2n) is 11.9. The lowest BCUT2D eigenvalue weighted by atomic mass is 9.96. The number of hydrogen-bond donors (Lipinski definition) is 0. The first-order valence-electron chi connectivity index (χ1n) is 16.4. The van der Waals surface area contributed by atoms with Gasteiger partial charge in [-0.3, -0.25) is 53.8 Å². The van der Waals surface area contributed by atoms with Crippen LogP contribution in [0, 0.1) is 20.2 Å². The highest BCUT2D eigenvalue weighted by molar-refractivity contribution is 5.69. The van der Waals surface area contributed by atoms with Gasteiger partial charge in [-0.1, -0.05) is 0 Å². The van der Waals surface area contributed by atoms with Gasteiger partial charge in [0.1, 0.15) is 31.5 Å². The van der Waals surface area contributed by atoms with Crippen molar-refractivity contribution in [2.75, 3.05) is 13.2 Å². The van der Waals surface area contributed by atoms with Crippen molar-refractivity contribution in [1.29, 1.82) is 0 Å². The summed E-state index contributed by atoms with van der Waals surface area (Å²) in [5.41, 5.74) is -1.62. The molecule has 3 rings (SSSR count). The molecule has 10 atom stereocenters. The van der Waals surface area contributed by atoms with Crippen LogP contribution in [0.3, 0.4) is 0 Å². The van der Waals surface area contributed by atoms with Crippen LogP contribution in [-0.4, -0.2) is 126 Å². The van der Waals surface area contributed by atoms with Gasteiger partial charge >= 0.3 is 47.5 Å². The second-order valence-corrected chi connectivity index (χ2v) is 11.9. The number of ether oxygens (including phenoxy) is 11. The maximum Gasteiger partial charge on any atom is 0.317 e. The topological polar surface area (TPSA) is 307 Å². The van der Waals surface area contributed by atoms with Crippen molar-refractivity contribution in [3.63, 3.8) is 0 Å². The minimum absolute atomic E-state index is 0.579. The predicted molar refractivity (Wildman–Crippen MR) is 174 cm³/mol. The molecule has 0 N–H and O–H groups in total. The third kappa shape index (κ3) is 12.3. The molecule has 2 aliphatic rings. The van der Waals surface area contributed by atoms with E-state index in [1.54, 1.807) is 0 Å². The average molecular weight is 803 g/mol. The van der Waals surface area contributed by atoms with Crippen molar-refractivity contribution < 1.29 is 95.5 Å². The molecule has 24 heteroatoms. The molecule has 0 aromatic heterocycles. The molecule has 56 heavy (non-hydrogen) atoms. The Morgan fingerprint density at radius 3 is 1.41 bits per heavy atom. The minimum Gasteiger partial charge on any atom is -0.463 e. The highest BCUT2D eigenvalue weighted by Crippen LogP contribution is 2.38. The van der Waals surface area contributed by atoms with E-state index in [9.17, 15) is 53.8 Å². The molecular formula is C32H38N2O22.